The van der Waals surface area contributed by atoms with Gasteiger partial charge in [0.2, 0.25) is 5.69 Å². The molecule has 1 atom stereocenters. The van der Waals surface area contributed by atoms with Gasteiger partial charge in [0.25, 0.3) is 0 Å². The van der Waals surface area contributed by atoms with Gasteiger partial charge in [-0.1, -0.05) is 78.9 Å². The van der Waals surface area contributed by atoms with Gasteiger partial charge in [-0.3, -0.25) is 4.90 Å². The fourth-order valence-electron chi connectivity index (χ4n) is 7.85. The molecule has 8 nitrogen and oxygen atoms in total. The van der Waals surface area contributed by atoms with Gasteiger partial charge in [0, 0.05) is 29.3 Å². The van der Waals surface area contributed by atoms with Crippen LogP contribution in [0, 0.1) is 0 Å². The minimum atomic E-state index is -0.977. The van der Waals surface area contributed by atoms with Crippen molar-refractivity contribution in [3.05, 3.63) is 132 Å². The zero-order valence-electron chi connectivity index (χ0n) is 29.7. The number of fused-ring (bicyclic) bond motifs is 6. The van der Waals surface area contributed by atoms with Crippen LogP contribution >= 0.6 is 0 Å². The summed E-state index contributed by atoms with van der Waals surface area (Å²) >= 11 is 0. The summed E-state index contributed by atoms with van der Waals surface area (Å²) in [5, 5.41) is 23.0. The van der Waals surface area contributed by atoms with E-state index in [-0.39, 0.29) is 24.0 Å². The van der Waals surface area contributed by atoms with E-state index < -0.39 is 11.9 Å². The second-order valence-corrected chi connectivity index (χ2v) is 14.0. The smallest absolute Gasteiger partial charge is 0.329 e. The van der Waals surface area contributed by atoms with Crippen molar-refractivity contribution in [2.24, 2.45) is 0 Å². The van der Waals surface area contributed by atoms with E-state index in [2.05, 4.69) is 123 Å². The Morgan fingerprint density at radius 2 is 1.29 bits per heavy atom. The maximum Gasteiger partial charge on any atom is 0.329 e. The van der Waals surface area contributed by atoms with Crippen LogP contribution < -0.4 is 4.90 Å². The number of quaternary nitrogens is 1. The highest BCUT2D eigenvalue weighted by molar-refractivity contribution is 6.07. The van der Waals surface area contributed by atoms with Crippen molar-refractivity contribution < 1.29 is 38.8 Å². The maximum atomic E-state index is 11.1. The van der Waals surface area contributed by atoms with Crippen LogP contribution in [-0.4, -0.2) is 72.0 Å². The number of nitrogens with one attached hydrogen (secondary N) is 1. The molecular formula is C43H46N2O6+2. The first kappa shape index (κ1) is 35.7. The van der Waals surface area contributed by atoms with E-state index in [1.807, 2.05) is 24.3 Å². The molecule has 0 aliphatic carbocycles. The van der Waals surface area contributed by atoms with Crippen LogP contribution in [0.3, 0.4) is 0 Å². The lowest BCUT2D eigenvalue weighted by molar-refractivity contribution is -0.789. The van der Waals surface area contributed by atoms with Crippen LogP contribution in [0.15, 0.2) is 121 Å². The van der Waals surface area contributed by atoms with Crippen LogP contribution in [0.5, 0.6) is 0 Å². The van der Waals surface area contributed by atoms with Gasteiger partial charge in [-0.25, -0.2) is 9.59 Å². The predicted molar refractivity (Wildman–Crippen MR) is 202 cm³/mol. The Kier molecular flexibility index (Phi) is 10.5. The Morgan fingerprint density at radius 3 is 1.98 bits per heavy atom. The molecule has 262 valence electrons. The van der Waals surface area contributed by atoms with Crippen LogP contribution in [0.2, 0.25) is 0 Å². The second kappa shape index (κ2) is 15.0. The zero-order chi connectivity index (χ0) is 36.2. The average molecular weight is 687 g/mol. The van der Waals surface area contributed by atoms with Gasteiger partial charge in [0.1, 0.15) is 37.7 Å². The zero-order valence-corrected chi connectivity index (χ0v) is 29.7. The number of carboxylic acid groups (broad SMARTS) is 2. The van der Waals surface area contributed by atoms with Crippen molar-refractivity contribution in [2.45, 2.75) is 38.5 Å². The van der Waals surface area contributed by atoms with Gasteiger partial charge < -0.3 is 19.7 Å². The molecule has 0 amide bonds. The maximum absolute atomic E-state index is 11.1. The number of carboxylic acids is 2. The first-order valence-corrected chi connectivity index (χ1v) is 17.4. The van der Waals surface area contributed by atoms with Gasteiger partial charge in [-0.15, -0.1) is 0 Å². The number of hydrogen-bond donors (Lipinski definition) is 3. The molecule has 6 rings (SSSR count). The Hall–Kier alpha value is -5.15. The normalized spacial score (nSPS) is 18.6. The SMILES string of the molecule is CC1(C)C(/C=C/C=C/C=C/C=C2/[NH+](CCOCC(=O)O)c3ccc4ccccc4c3C2(C)C)=[N+](CCOCC(=O)O)c2ccc3ccccc3c21. The largest absolute Gasteiger partial charge is 0.480 e. The van der Waals surface area contributed by atoms with Crippen LogP contribution in [-0.2, 0) is 29.9 Å². The minimum absolute atomic E-state index is 0.256. The lowest BCUT2D eigenvalue weighted by Gasteiger charge is -2.21. The Bertz CT molecular complexity index is 2140. The van der Waals surface area contributed by atoms with Crippen LogP contribution in [0.4, 0.5) is 11.4 Å². The standard InChI is InChI=1S/C43H44N2O6/c1-42(2)36(44(24-26-50-28-38(46)47)34-22-20-30-14-10-12-16-32(30)40(34)42)18-8-6-5-7-9-19-37-43(3,4)41-33-17-13-11-15-31(33)21-23-35(41)45(37)25-27-51-29-39(48)49/h5-23H,24-29H2,1-4H3,(H-,46,47,48,49)/p+2. The van der Waals surface area contributed by atoms with E-state index in [1.165, 1.54) is 49.0 Å². The topological polar surface area (TPSA) is 101 Å². The molecule has 3 N–H and O–H groups in total. The first-order chi connectivity index (χ1) is 24.5. The van der Waals surface area contributed by atoms with Crippen molar-refractivity contribution in [1.29, 1.82) is 0 Å². The Balaban J connectivity index is 1.25. The third kappa shape index (κ3) is 7.21. The molecule has 0 saturated carbocycles. The number of rotatable bonds is 14. The van der Waals surface area contributed by atoms with E-state index in [0.717, 1.165) is 11.4 Å². The van der Waals surface area contributed by atoms with Crippen molar-refractivity contribution >= 4 is 50.6 Å². The molecule has 2 heterocycles. The Morgan fingerprint density at radius 1 is 0.706 bits per heavy atom. The third-order valence-electron chi connectivity index (χ3n) is 10.00. The summed E-state index contributed by atoms with van der Waals surface area (Å²) in [6.07, 6.45) is 14.5. The number of benzene rings is 4. The minimum Gasteiger partial charge on any atom is -0.480 e. The molecule has 1 unspecified atom stereocenters. The monoisotopic (exact) mass is 686 g/mol. The van der Waals surface area contributed by atoms with Gasteiger partial charge in [-0.2, -0.15) is 4.58 Å². The third-order valence-corrected chi connectivity index (χ3v) is 10.00. The van der Waals surface area contributed by atoms with Gasteiger partial charge in [0.15, 0.2) is 12.3 Å². The summed E-state index contributed by atoms with van der Waals surface area (Å²) in [4.78, 5) is 23.3. The van der Waals surface area contributed by atoms with Crippen LogP contribution in [0.25, 0.3) is 21.5 Å². The Labute approximate surface area is 298 Å². The molecule has 0 aromatic heterocycles. The summed E-state index contributed by atoms with van der Waals surface area (Å²) in [6.45, 7) is 10.1. The van der Waals surface area contributed by atoms with Crippen molar-refractivity contribution in [1.82, 2.24) is 0 Å². The summed E-state index contributed by atoms with van der Waals surface area (Å²) in [7, 11) is 0. The number of hydrogen-bond acceptors (Lipinski definition) is 4. The average Bonchev–Trinajstić information content (AvgIpc) is 3.46. The molecule has 51 heavy (non-hydrogen) atoms. The van der Waals surface area contributed by atoms with E-state index >= 15 is 0 Å². The molecule has 8 heteroatoms. The molecule has 0 fully saturated rings. The van der Waals surface area contributed by atoms with E-state index in [9.17, 15) is 9.59 Å². The molecule has 0 radical (unpaired) electrons. The predicted octanol–water partition coefficient (Wildman–Crippen LogP) is 6.63. The summed E-state index contributed by atoms with van der Waals surface area (Å²) in [6, 6.07) is 25.5. The molecule has 4 aromatic rings. The number of nitrogens with zero attached hydrogens (tertiary/aromatic N) is 1. The molecule has 2 aliphatic heterocycles. The highest BCUT2D eigenvalue weighted by Gasteiger charge is 2.47. The quantitative estimate of drug-likeness (QED) is 0.0783. The lowest BCUT2D eigenvalue weighted by atomic mass is 9.79. The fourth-order valence-corrected chi connectivity index (χ4v) is 7.85. The number of ether oxygens (including phenoxy) is 2. The summed E-state index contributed by atoms with van der Waals surface area (Å²) in [5.41, 5.74) is 6.61. The molecule has 2 aliphatic rings. The highest BCUT2D eigenvalue weighted by Crippen LogP contribution is 2.45. The molecule has 0 bridgehead atoms. The first-order valence-electron chi connectivity index (χ1n) is 17.4. The van der Waals surface area contributed by atoms with Crippen molar-refractivity contribution in [2.75, 3.05) is 39.5 Å². The molecule has 0 saturated heterocycles. The number of carbonyl (C=O) groups is 2. The van der Waals surface area contributed by atoms with E-state index in [1.54, 1.807) is 0 Å². The number of aliphatic carboxylic acids is 2. The van der Waals surface area contributed by atoms with Gasteiger partial charge in [0.05, 0.1) is 17.4 Å². The molecule has 0 spiro atoms. The lowest BCUT2D eigenvalue weighted by Crippen LogP contribution is -3.05. The van der Waals surface area contributed by atoms with Crippen LogP contribution in [0.1, 0.15) is 38.8 Å². The summed E-state index contributed by atoms with van der Waals surface area (Å²) < 4.78 is 13.2. The molecular weight excluding hydrogens is 640 g/mol. The fraction of sp³-hybridized carbons (Fsp3) is 0.279. The summed E-state index contributed by atoms with van der Waals surface area (Å²) in [5.74, 6) is -1.95. The van der Waals surface area contributed by atoms with Gasteiger partial charge in [-0.05, 0) is 67.4 Å². The van der Waals surface area contributed by atoms with Crippen molar-refractivity contribution in [3.8, 4) is 0 Å². The van der Waals surface area contributed by atoms with Crippen molar-refractivity contribution in [3.63, 3.8) is 0 Å². The highest BCUT2D eigenvalue weighted by atomic mass is 16.5. The van der Waals surface area contributed by atoms with E-state index in [4.69, 9.17) is 19.7 Å². The molecule has 4 aromatic carbocycles. The van der Waals surface area contributed by atoms with Gasteiger partial charge >= 0.3 is 11.9 Å². The number of allylic oxidation sites excluding steroid dienone is 8. The van der Waals surface area contributed by atoms with E-state index in [0.29, 0.717) is 26.3 Å². The second-order valence-electron chi connectivity index (χ2n) is 14.0.